The molecule has 120 valence electrons. The quantitative estimate of drug-likeness (QED) is 0.657. The third-order valence-electron chi connectivity index (χ3n) is 6.15. The summed E-state index contributed by atoms with van der Waals surface area (Å²) in [7, 11) is 1.80. The van der Waals surface area contributed by atoms with Gasteiger partial charge in [-0.2, -0.15) is 0 Å². The molecule has 2 aliphatic carbocycles. The van der Waals surface area contributed by atoms with E-state index in [2.05, 4.69) is 58.9 Å². The minimum Gasteiger partial charge on any atom is -0.496 e. The summed E-state index contributed by atoms with van der Waals surface area (Å²) in [6, 6.07) is 4.70. The van der Waals surface area contributed by atoms with Crippen LogP contribution in [0.3, 0.4) is 0 Å². The number of methoxy groups -OCH3 is 1. The molecule has 2 atom stereocenters. The molecule has 0 saturated heterocycles. The molecule has 1 aromatic rings. The van der Waals surface area contributed by atoms with Gasteiger partial charge in [0.25, 0.3) is 0 Å². The molecular weight excluding hydrogens is 268 g/mol. The molecular formula is C21H30O. The molecule has 1 saturated carbocycles. The SMILES string of the molecule is COc1cc2c(cc1C(C)C)C=C[C@H]1C(C)(C)CCC[C@]21C. The molecule has 0 bridgehead atoms. The molecule has 3 rings (SSSR count). The van der Waals surface area contributed by atoms with E-state index < -0.39 is 0 Å². The molecule has 0 N–H and O–H groups in total. The second kappa shape index (κ2) is 5.15. The molecule has 0 amide bonds. The van der Waals surface area contributed by atoms with Crippen LogP contribution < -0.4 is 4.74 Å². The topological polar surface area (TPSA) is 9.23 Å². The van der Waals surface area contributed by atoms with Gasteiger partial charge in [-0.25, -0.2) is 0 Å². The average molecular weight is 298 g/mol. The molecule has 0 aromatic heterocycles. The van der Waals surface area contributed by atoms with Crippen LogP contribution in [0.25, 0.3) is 6.08 Å². The molecule has 22 heavy (non-hydrogen) atoms. The van der Waals surface area contributed by atoms with E-state index in [0.29, 0.717) is 17.3 Å². The summed E-state index contributed by atoms with van der Waals surface area (Å²) in [5, 5.41) is 0. The standard InChI is InChI=1S/C21H30O/c1-14(2)16-12-15-8-9-19-20(3,4)10-7-11-21(19,5)17(15)13-18(16)22-6/h8-9,12-14,19H,7,10-11H2,1-6H3/t19-,21+/m0/s1. The van der Waals surface area contributed by atoms with Crippen molar-refractivity contribution in [3.63, 3.8) is 0 Å². The fraction of sp³-hybridized carbons (Fsp3) is 0.619. The highest BCUT2D eigenvalue weighted by Gasteiger charge is 2.48. The van der Waals surface area contributed by atoms with E-state index in [9.17, 15) is 0 Å². The largest absolute Gasteiger partial charge is 0.496 e. The first kappa shape index (κ1) is 15.6. The predicted molar refractivity (Wildman–Crippen MR) is 94.6 cm³/mol. The van der Waals surface area contributed by atoms with Gasteiger partial charge in [0.2, 0.25) is 0 Å². The van der Waals surface area contributed by atoms with Gasteiger partial charge in [0.1, 0.15) is 5.75 Å². The summed E-state index contributed by atoms with van der Waals surface area (Å²) in [4.78, 5) is 0. The molecule has 1 heteroatoms. The summed E-state index contributed by atoms with van der Waals surface area (Å²) in [5.41, 5.74) is 4.85. The van der Waals surface area contributed by atoms with Crippen LogP contribution in [-0.4, -0.2) is 7.11 Å². The molecule has 0 unspecified atom stereocenters. The van der Waals surface area contributed by atoms with Crippen LogP contribution in [0.1, 0.15) is 76.5 Å². The van der Waals surface area contributed by atoms with E-state index in [4.69, 9.17) is 4.74 Å². The van der Waals surface area contributed by atoms with Gasteiger partial charge in [-0.3, -0.25) is 0 Å². The molecule has 0 spiro atoms. The molecule has 1 aromatic carbocycles. The van der Waals surface area contributed by atoms with Crippen LogP contribution in [0.2, 0.25) is 0 Å². The Morgan fingerprint density at radius 1 is 1.14 bits per heavy atom. The van der Waals surface area contributed by atoms with E-state index in [0.717, 1.165) is 5.75 Å². The Bertz CT molecular complexity index is 609. The van der Waals surface area contributed by atoms with Gasteiger partial charge in [-0.15, -0.1) is 0 Å². The lowest BCUT2D eigenvalue weighted by atomic mass is 9.52. The van der Waals surface area contributed by atoms with Crippen molar-refractivity contribution >= 4 is 6.08 Å². The van der Waals surface area contributed by atoms with Gasteiger partial charge in [0.05, 0.1) is 7.11 Å². The maximum absolute atomic E-state index is 5.73. The first-order valence-electron chi connectivity index (χ1n) is 8.70. The Hall–Kier alpha value is -1.24. The molecule has 1 fully saturated rings. The summed E-state index contributed by atoms with van der Waals surface area (Å²) in [5.74, 6) is 2.17. The minimum atomic E-state index is 0.245. The Morgan fingerprint density at radius 2 is 1.86 bits per heavy atom. The van der Waals surface area contributed by atoms with Crippen molar-refractivity contribution in [1.29, 1.82) is 0 Å². The fourth-order valence-corrected chi connectivity index (χ4v) is 4.93. The van der Waals surface area contributed by atoms with Crippen LogP contribution in [-0.2, 0) is 5.41 Å². The number of fused-ring (bicyclic) bond motifs is 3. The Balaban J connectivity index is 2.18. The Kier molecular flexibility index (Phi) is 3.66. The summed E-state index contributed by atoms with van der Waals surface area (Å²) >= 11 is 0. The summed E-state index contributed by atoms with van der Waals surface area (Å²) in [6.45, 7) is 11.8. The molecule has 2 aliphatic rings. The zero-order chi connectivity index (χ0) is 16.1. The van der Waals surface area contributed by atoms with Crippen molar-refractivity contribution in [3.8, 4) is 5.75 Å². The smallest absolute Gasteiger partial charge is 0.122 e. The van der Waals surface area contributed by atoms with E-state index in [-0.39, 0.29) is 5.41 Å². The van der Waals surface area contributed by atoms with Crippen LogP contribution in [0.15, 0.2) is 18.2 Å². The molecule has 0 heterocycles. The van der Waals surface area contributed by atoms with Gasteiger partial charge in [-0.1, -0.05) is 53.2 Å². The van der Waals surface area contributed by atoms with E-state index in [1.807, 2.05) is 0 Å². The lowest BCUT2D eigenvalue weighted by Crippen LogP contribution is -2.45. The van der Waals surface area contributed by atoms with Crippen molar-refractivity contribution in [2.45, 2.75) is 65.2 Å². The lowest BCUT2D eigenvalue weighted by Gasteiger charge is -2.52. The van der Waals surface area contributed by atoms with E-state index in [1.54, 1.807) is 7.11 Å². The molecule has 1 nitrogen and oxygen atoms in total. The first-order valence-corrected chi connectivity index (χ1v) is 8.70. The minimum absolute atomic E-state index is 0.245. The number of benzene rings is 1. The number of rotatable bonds is 2. The zero-order valence-electron chi connectivity index (χ0n) is 15.0. The Labute approximate surface area is 135 Å². The van der Waals surface area contributed by atoms with Gasteiger partial charge in [0, 0.05) is 0 Å². The third kappa shape index (κ3) is 2.21. The Morgan fingerprint density at radius 3 is 2.50 bits per heavy atom. The fourth-order valence-electron chi connectivity index (χ4n) is 4.93. The first-order chi connectivity index (χ1) is 10.3. The maximum atomic E-state index is 5.73. The highest BCUT2D eigenvalue weighted by molar-refractivity contribution is 5.64. The van der Waals surface area contributed by atoms with Crippen LogP contribution >= 0.6 is 0 Å². The maximum Gasteiger partial charge on any atom is 0.122 e. The van der Waals surface area contributed by atoms with Crippen molar-refractivity contribution < 1.29 is 4.74 Å². The van der Waals surface area contributed by atoms with Crippen molar-refractivity contribution in [2.75, 3.05) is 7.11 Å². The monoisotopic (exact) mass is 298 g/mol. The van der Waals surface area contributed by atoms with E-state index >= 15 is 0 Å². The van der Waals surface area contributed by atoms with Crippen molar-refractivity contribution in [1.82, 2.24) is 0 Å². The average Bonchev–Trinajstić information content (AvgIpc) is 2.45. The number of allylic oxidation sites excluding steroid dienone is 1. The highest BCUT2D eigenvalue weighted by Crippen LogP contribution is 2.56. The molecule has 0 radical (unpaired) electrons. The third-order valence-corrected chi connectivity index (χ3v) is 6.15. The number of hydrogen-bond acceptors (Lipinski definition) is 1. The highest BCUT2D eigenvalue weighted by atomic mass is 16.5. The second-order valence-electron chi connectivity index (χ2n) is 8.43. The van der Waals surface area contributed by atoms with Gasteiger partial charge in [-0.05, 0) is 64.3 Å². The zero-order valence-corrected chi connectivity index (χ0v) is 15.0. The van der Waals surface area contributed by atoms with Crippen LogP contribution in [0.5, 0.6) is 5.75 Å². The molecule has 0 aliphatic heterocycles. The number of ether oxygens (including phenoxy) is 1. The van der Waals surface area contributed by atoms with Gasteiger partial charge >= 0.3 is 0 Å². The van der Waals surface area contributed by atoms with Crippen molar-refractivity contribution in [2.24, 2.45) is 11.3 Å². The summed E-state index contributed by atoms with van der Waals surface area (Å²) < 4.78 is 5.73. The normalized spacial score (nSPS) is 29.1. The van der Waals surface area contributed by atoms with Gasteiger partial charge < -0.3 is 4.74 Å². The van der Waals surface area contributed by atoms with Gasteiger partial charge in [0.15, 0.2) is 0 Å². The lowest BCUT2D eigenvalue weighted by molar-refractivity contribution is 0.0908. The van der Waals surface area contributed by atoms with E-state index in [1.165, 1.54) is 36.0 Å². The van der Waals surface area contributed by atoms with Crippen molar-refractivity contribution in [3.05, 3.63) is 34.9 Å². The van der Waals surface area contributed by atoms with Crippen LogP contribution in [0, 0.1) is 11.3 Å². The second-order valence-corrected chi connectivity index (χ2v) is 8.43. The predicted octanol–water partition coefficient (Wildman–Crippen LogP) is 5.93. The number of hydrogen-bond donors (Lipinski definition) is 0. The van der Waals surface area contributed by atoms with Crippen LogP contribution in [0.4, 0.5) is 0 Å². The summed E-state index contributed by atoms with van der Waals surface area (Å²) in [6.07, 6.45) is 8.77.